The average molecular weight is 815 g/mol. The van der Waals surface area contributed by atoms with Gasteiger partial charge in [0.25, 0.3) is 17.7 Å². The van der Waals surface area contributed by atoms with Gasteiger partial charge in [0.2, 0.25) is 11.8 Å². The number of nitrogens with one attached hydrogen (secondary N) is 2. The van der Waals surface area contributed by atoms with Gasteiger partial charge in [0, 0.05) is 52.3 Å². The number of hydrogen-bond donors (Lipinski definition) is 4. The van der Waals surface area contributed by atoms with Crippen LogP contribution >= 0.6 is 0 Å². The van der Waals surface area contributed by atoms with Crippen molar-refractivity contribution in [2.75, 3.05) is 14.2 Å². The number of nitrogens with zero attached hydrogens (tertiary/aromatic N) is 2. The normalized spacial score (nSPS) is 12.0. The molecule has 9 rings (SSSR count). The molecule has 6 aromatic carbocycles. The molecule has 304 valence electrons. The van der Waals surface area contributed by atoms with Crippen LogP contribution in [0.3, 0.4) is 0 Å². The van der Waals surface area contributed by atoms with Crippen molar-refractivity contribution in [3.63, 3.8) is 0 Å². The number of hydrogen-bond acceptors (Lipinski definition) is 10. The minimum absolute atomic E-state index is 0.0713. The Bertz CT molecular complexity index is 3040. The lowest BCUT2D eigenvalue weighted by Crippen LogP contribution is -2.27. The van der Waals surface area contributed by atoms with Crippen molar-refractivity contribution < 1.29 is 38.2 Å². The summed E-state index contributed by atoms with van der Waals surface area (Å²) in [4.78, 5) is 62.7. The molecule has 61 heavy (non-hydrogen) atoms. The predicted octanol–water partition coefficient (Wildman–Crippen LogP) is 7.40. The zero-order chi connectivity index (χ0) is 42.6. The number of methoxy groups -OCH3 is 2. The Balaban J connectivity index is 0.000000169. The highest BCUT2D eigenvalue weighted by molar-refractivity contribution is 6.08. The molecular formula is C47H38N6O8. The molecule has 0 saturated heterocycles. The molecule has 14 nitrogen and oxygen atoms in total. The first-order chi connectivity index (χ1) is 29.6. The van der Waals surface area contributed by atoms with E-state index in [0.29, 0.717) is 57.1 Å². The van der Waals surface area contributed by atoms with Crippen molar-refractivity contribution >= 4 is 67.0 Å². The van der Waals surface area contributed by atoms with Crippen LogP contribution in [0.25, 0.3) is 43.4 Å². The molecule has 0 aliphatic heterocycles. The summed E-state index contributed by atoms with van der Waals surface area (Å²) in [6, 6.07) is 35.7. The van der Waals surface area contributed by atoms with Crippen LogP contribution in [0.1, 0.15) is 54.3 Å². The number of rotatable bonds is 11. The van der Waals surface area contributed by atoms with E-state index in [4.69, 9.17) is 30.5 Å². The third-order valence-corrected chi connectivity index (χ3v) is 10.0. The summed E-state index contributed by atoms with van der Waals surface area (Å²) >= 11 is 0. The van der Waals surface area contributed by atoms with E-state index >= 15 is 0 Å². The second-order valence-electron chi connectivity index (χ2n) is 14.1. The fraction of sp³-hybridized carbons (Fsp3) is 0.106. The monoisotopic (exact) mass is 814 g/mol. The number of carbonyl (C=O) groups is 4. The molecule has 6 N–H and O–H groups in total. The first-order valence-corrected chi connectivity index (χ1v) is 19.1. The van der Waals surface area contributed by atoms with Crippen molar-refractivity contribution in [3.8, 4) is 28.9 Å². The summed E-state index contributed by atoms with van der Waals surface area (Å²) in [6.07, 6.45) is 3.75. The van der Waals surface area contributed by atoms with Crippen molar-refractivity contribution in [2.24, 2.45) is 11.5 Å². The van der Waals surface area contributed by atoms with E-state index in [-0.39, 0.29) is 11.5 Å². The van der Waals surface area contributed by atoms with Crippen molar-refractivity contribution in [3.05, 3.63) is 150 Å². The van der Waals surface area contributed by atoms with E-state index < -0.39 is 17.7 Å². The highest BCUT2D eigenvalue weighted by atomic mass is 16.7. The number of primary amides is 2. The number of benzene rings is 6. The largest absolute Gasteiger partial charge is 0.496 e. The van der Waals surface area contributed by atoms with E-state index in [1.165, 1.54) is 14.2 Å². The van der Waals surface area contributed by atoms with Crippen LogP contribution in [0.15, 0.2) is 128 Å². The van der Waals surface area contributed by atoms with Crippen molar-refractivity contribution in [1.82, 2.24) is 20.8 Å². The van der Waals surface area contributed by atoms with E-state index in [9.17, 15) is 19.2 Å². The molecule has 4 amide bonds. The summed E-state index contributed by atoms with van der Waals surface area (Å²) in [5.41, 5.74) is 16.3. The third-order valence-electron chi connectivity index (χ3n) is 10.0. The van der Waals surface area contributed by atoms with Crippen LogP contribution in [0.5, 0.6) is 28.9 Å². The third kappa shape index (κ3) is 8.64. The molecule has 2 heterocycles. The van der Waals surface area contributed by atoms with Crippen LogP contribution in [-0.4, -0.2) is 53.9 Å². The maximum atomic E-state index is 12.8. The fourth-order valence-electron chi connectivity index (χ4n) is 6.83. The van der Waals surface area contributed by atoms with Crippen LogP contribution in [0.2, 0.25) is 0 Å². The number of fused-ring (bicyclic) bond motifs is 4. The molecule has 0 atom stereocenters. The van der Waals surface area contributed by atoms with Crippen LogP contribution in [0, 0.1) is 0 Å². The van der Waals surface area contributed by atoms with Gasteiger partial charge in [-0.15, -0.1) is 0 Å². The van der Waals surface area contributed by atoms with Gasteiger partial charge in [0.1, 0.15) is 17.2 Å². The summed E-state index contributed by atoms with van der Waals surface area (Å²) in [7, 11) is 2.96. The van der Waals surface area contributed by atoms with E-state index in [2.05, 4.69) is 20.8 Å². The molecule has 1 aliphatic rings. The van der Waals surface area contributed by atoms with Crippen molar-refractivity contribution in [2.45, 2.75) is 18.9 Å². The minimum atomic E-state index is -0.574. The molecule has 0 spiro atoms. The summed E-state index contributed by atoms with van der Waals surface area (Å²) in [5.74, 6) is 0.570. The molecule has 14 heteroatoms. The van der Waals surface area contributed by atoms with E-state index in [0.717, 1.165) is 50.7 Å². The topological polar surface area (TPSA) is 207 Å². The number of carbonyl (C=O) groups excluding carboxylic acids is 4. The number of aromatic nitrogens is 2. The summed E-state index contributed by atoms with van der Waals surface area (Å²) in [6.45, 7) is 0. The lowest BCUT2D eigenvalue weighted by Gasteiger charge is -2.12. The standard InChI is InChI=1S/C25H21N3O4.C22H17N3O4/c1-31-23-14-22-16(5-3-11-26-22)13-21(23)25(30)28-32-18-9-10-19-15(12-18)4-2-6-20(19)24(29)27-17-7-8-17;1-28-19-11-18-13(10-17(19)22(24)27)5-8-20(25-18)29-14-6-7-15-12(9-14)3-2-4-16(15)21(23)26/h2-6,9-14,17H,7-8H2,1H3,(H,27,29)(H,28,30);2-11H,1H3,(H2,23,26)(H2,24,27). The SMILES string of the molecule is COc1cc2nc(Oc3ccc4c(C(N)=O)cccc4c3)ccc2cc1C(N)=O.COc1cc2ncccc2cc1C(=O)NOc1ccc2c(C(=O)NC3CC3)cccc2c1. The minimum Gasteiger partial charge on any atom is -0.496 e. The first-order valence-electron chi connectivity index (χ1n) is 19.1. The highest BCUT2D eigenvalue weighted by Crippen LogP contribution is 2.31. The van der Waals surface area contributed by atoms with Crippen molar-refractivity contribution in [1.29, 1.82) is 0 Å². The molecule has 0 bridgehead atoms. The predicted molar refractivity (Wildman–Crippen MR) is 230 cm³/mol. The van der Waals surface area contributed by atoms with E-state index in [1.807, 2.05) is 42.5 Å². The van der Waals surface area contributed by atoms with Gasteiger partial charge in [0.15, 0.2) is 5.75 Å². The Kier molecular flexibility index (Phi) is 11.0. The fourth-order valence-corrected chi connectivity index (χ4v) is 6.83. The number of ether oxygens (including phenoxy) is 3. The van der Waals surface area contributed by atoms with Gasteiger partial charge in [-0.3, -0.25) is 24.2 Å². The van der Waals surface area contributed by atoms with Gasteiger partial charge >= 0.3 is 0 Å². The second kappa shape index (κ2) is 16.9. The Hall–Kier alpha value is -8.26. The van der Waals surface area contributed by atoms with Gasteiger partial charge < -0.3 is 35.8 Å². The second-order valence-corrected chi connectivity index (χ2v) is 14.1. The van der Waals surface area contributed by atoms with Crippen LogP contribution in [-0.2, 0) is 0 Å². The highest BCUT2D eigenvalue weighted by Gasteiger charge is 2.24. The lowest BCUT2D eigenvalue weighted by atomic mass is 10.0. The van der Waals surface area contributed by atoms with Crippen LogP contribution < -0.4 is 41.3 Å². The number of pyridine rings is 2. The van der Waals surface area contributed by atoms with Gasteiger partial charge in [-0.25, -0.2) is 4.98 Å². The molecule has 8 aromatic rings. The Morgan fingerprint density at radius 3 is 1.90 bits per heavy atom. The first kappa shape index (κ1) is 39.6. The molecule has 1 aliphatic carbocycles. The Morgan fingerprint density at radius 2 is 1.20 bits per heavy atom. The Labute approximate surface area is 348 Å². The van der Waals surface area contributed by atoms with Crippen LogP contribution in [0.4, 0.5) is 0 Å². The molecular weight excluding hydrogens is 777 g/mol. The van der Waals surface area contributed by atoms with E-state index in [1.54, 1.807) is 85.1 Å². The van der Waals surface area contributed by atoms with Gasteiger partial charge in [-0.05, 0) is 107 Å². The molecule has 0 unspecified atom stereocenters. The summed E-state index contributed by atoms with van der Waals surface area (Å²) < 4.78 is 16.5. The molecule has 2 aromatic heterocycles. The maximum absolute atomic E-state index is 12.8. The van der Waals surface area contributed by atoms with Gasteiger partial charge in [-0.2, -0.15) is 5.48 Å². The molecule has 1 saturated carbocycles. The number of hydroxylamine groups is 1. The zero-order valence-corrected chi connectivity index (χ0v) is 32.9. The average Bonchev–Trinajstić information content (AvgIpc) is 4.10. The molecule has 0 radical (unpaired) electrons. The summed E-state index contributed by atoms with van der Waals surface area (Å²) in [5, 5.41) is 7.82. The van der Waals surface area contributed by atoms with Gasteiger partial charge in [0.05, 0.1) is 36.4 Å². The zero-order valence-electron chi connectivity index (χ0n) is 32.9. The van der Waals surface area contributed by atoms with Gasteiger partial charge in [-0.1, -0.05) is 30.3 Å². The smallest absolute Gasteiger partial charge is 0.287 e. The quantitative estimate of drug-likeness (QED) is 0.0952. The Morgan fingerprint density at radius 1 is 0.590 bits per heavy atom. The number of amides is 4. The molecule has 1 fully saturated rings. The lowest BCUT2D eigenvalue weighted by molar-refractivity contribution is 0.0756. The number of nitrogens with two attached hydrogens (primary N) is 2. The maximum Gasteiger partial charge on any atom is 0.287 e.